The summed E-state index contributed by atoms with van der Waals surface area (Å²) >= 11 is 1.08. The van der Waals surface area contributed by atoms with E-state index in [9.17, 15) is 27.6 Å². The molecule has 10 heteroatoms. The number of carbonyl (C=O) groups is 3. The van der Waals surface area contributed by atoms with Crippen LogP contribution in [0.1, 0.15) is 10.4 Å². The zero-order valence-electron chi connectivity index (χ0n) is 16.9. The van der Waals surface area contributed by atoms with Crippen molar-refractivity contribution in [3.63, 3.8) is 0 Å². The molecule has 0 unspecified atom stereocenters. The first-order valence-electron chi connectivity index (χ1n) is 9.50. The maximum atomic E-state index is 13.2. The molecule has 0 saturated carbocycles. The molecule has 0 saturated heterocycles. The summed E-state index contributed by atoms with van der Waals surface area (Å²) in [6.45, 7) is -0.680. The van der Waals surface area contributed by atoms with E-state index in [4.69, 9.17) is 4.74 Å². The van der Waals surface area contributed by atoms with E-state index in [1.807, 2.05) is 0 Å². The molecular weight excluding hydrogens is 457 g/mol. The summed E-state index contributed by atoms with van der Waals surface area (Å²) in [5.74, 6) is -4.14. The highest BCUT2D eigenvalue weighted by molar-refractivity contribution is 8.00. The Kier molecular flexibility index (Phi) is 8.09. The van der Waals surface area contributed by atoms with Gasteiger partial charge in [0.25, 0.3) is 5.91 Å². The van der Waals surface area contributed by atoms with Gasteiger partial charge in [0.15, 0.2) is 6.61 Å². The lowest BCUT2D eigenvalue weighted by Gasteiger charge is -2.10. The van der Waals surface area contributed by atoms with Gasteiger partial charge in [0, 0.05) is 22.3 Å². The van der Waals surface area contributed by atoms with Crippen LogP contribution in [0.2, 0.25) is 0 Å². The lowest BCUT2D eigenvalue weighted by molar-refractivity contribution is -0.119. The maximum Gasteiger partial charge on any atom is 0.339 e. The molecule has 0 spiro atoms. The zero-order chi connectivity index (χ0) is 23.8. The number of benzene rings is 3. The van der Waals surface area contributed by atoms with Crippen LogP contribution in [0.25, 0.3) is 0 Å². The Hall–Kier alpha value is -3.79. The largest absolute Gasteiger partial charge is 0.452 e. The molecule has 6 nitrogen and oxygen atoms in total. The molecule has 0 aliphatic heterocycles. The molecule has 0 bridgehead atoms. The van der Waals surface area contributed by atoms with Crippen LogP contribution < -0.4 is 10.6 Å². The van der Waals surface area contributed by atoms with Gasteiger partial charge < -0.3 is 15.4 Å². The van der Waals surface area contributed by atoms with E-state index in [-0.39, 0.29) is 22.9 Å². The predicted octanol–water partition coefficient (Wildman–Crippen LogP) is 4.63. The van der Waals surface area contributed by atoms with Gasteiger partial charge in [-0.1, -0.05) is 12.1 Å². The van der Waals surface area contributed by atoms with Gasteiger partial charge in [-0.05, 0) is 48.5 Å². The maximum absolute atomic E-state index is 13.2. The third-order valence-electron chi connectivity index (χ3n) is 4.07. The Labute approximate surface area is 191 Å². The molecule has 0 aliphatic carbocycles. The molecule has 3 aromatic carbocycles. The van der Waals surface area contributed by atoms with Crippen LogP contribution in [0, 0.1) is 17.5 Å². The minimum Gasteiger partial charge on any atom is -0.452 e. The molecule has 0 radical (unpaired) electrons. The van der Waals surface area contributed by atoms with Crippen molar-refractivity contribution in [1.29, 1.82) is 0 Å². The van der Waals surface area contributed by atoms with Crippen molar-refractivity contribution in [2.24, 2.45) is 0 Å². The van der Waals surface area contributed by atoms with Crippen molar-refractivity contribution in [1.82, 2.24) is 0 Å². The monoisotopic (exact) mass is 474 g/mol. The average Bonchev–Trinajstić information content (AvgIpc) is 2.77. The van der Waals surface area contributed by atoms with Gasteiger partial charge in [-0.2, -0.15) is 0 Å². The van der Waals surface area contributed by atoms with Crippen LogP contribution >= 0.6 is 11.8 Å². The van der Waals surface area contributed by atoms with Gasteiger partial charge in [0.05, 0.1) is 11.3 Å². The molecule has 0 aliphatic rings. The lowest BCUT2D eigenvalue weighted by Crippen LogP contribution is -2.21. The average molecular weight is 474 g/mol. The topological polar surface area (TPSA) is 84.5 Å². The number of hydrogen-bond donors (Lipinski definition) is 2. The second kappa shape index (κ2) is 11.2. The quantitative estimate of drug-likeness (QED) is 0.367. The van der Waals surface area contributed by atoms with Gasteiger partial charge in [-0.25, -0.2) is 18.0 Å². The number of carbonyl (C=O) groups excluding carboxylic acids is 3. The van der Waals surface area contributed by atoms with E-state index in [0.717, 1.165) is 23.9 Å². The van der Waals surface area contributed by atoms with E-state index in [1.54, 1.807) is 18.2 Å². The van der Waals surface area contributed by atoms with E-state index in [1.165, 1.54) is 30.3 Å². The molecule has 170 valence electrons. The highest BCUT2D eigenvalue weighted by Gasteiger charge is 2.16. The summed E-state index contributed by atoms with van der Waals surface area (Å²) in [5, 5.41) is 4.84. The van der Waals surface area contributed by atoms with Crippen LogP contribution in [0.3, 0.4) is 0 Å². The first-order chi connectivity index (χ1) is 15.8. The van der Waals surface area contributed by atoms with E-state index >= 15 is 0 Å². The first kappa shape index (κ1) is 23.9. The molecule has 0 aromatic heterocycles. The SMILES string of the molecule is O=C(COC(=O)c1ccccc1SCC(=O)Nc1ccc(F)cc1)Nc1cc(F)cc(F)c1. The number of anilines is 2. The number of thioether (sulfide) groups is 1. The number of halogens is 3. The Bertz CT molecular complexity index is 1150. The van der Waals surface area contributed by atoms with Crippen molar-refractivity contribution in [3.8, 4) is 0 Å². The Morgan fingerprint density at radius 1 is 0.758 bits per heavy atom. The molecule has 0 fully saturated rings. The first-order valence-corrected chi connectivity index (χ1v) is 10.5. The van der Waals surface area contributed by atoms with Crippen LogP contribution in [-0.2, 0) is 14.3 Å². The lowest BCUT2D eigenvalue weighted by atomic mass is 10.2. The smallest absolute Gasteiger partial charge is 0.339 e. The molecule has 3 rings (SSSR count). The molecule has 2 amide bonds. The second-order valence-electron chi connectivity index (χ2n) is 6.62. The number of nitrogens with one attached hydrogen (secondary N) is 2. The molecule has 0 heterocycles. The third kappa shape index (κ3) is 7.39. The van der Waals surface area contributed by atoms with Crippen molar-refractivity contribution in [2.75, 3.05) is 23.0 Å². The third-order valence-corrected chi connectivity index (χ3v) is 5.15. The summed E-state index contributed by atoms with van der Waals surface area (Å²) < 4.78 is 44.3. The molecular formula is C23H17F3N2O4S. The van der Waals surface area contributed by atoms with Crippen LogP contribution in [0.5, 0.6) is 0 Å². The van der Waals surface area contributed by atoms with E-state index < -0.39 is 35.9 Å². The van der Waals surface area contributed by atoms with Crippen LogP contribution in [0.15, 0.2) is 71.6 Å². The number of esters is 1. The number of hydrogen-bond acceptors (Lipinski definition) is 5. The van der Waals surface area contributed by atoms with Gasteiger partial charge >= 0.3 is 5.97 Å². The van der Waals surface area contributed by atoms with E-state index in [2.05, 4.69) is 10.6 Å². The molecule has 3 aromatic rings. The number of ether oxygens (including phenoxy) is 1. The number of amides is 2. The fraction of sp³-hybridized carbons (Fsp3) is 0.0870. The van der Waals surface area contributed by atoms with Gasteiger partial charge in [-0.15, -0.1) is 11.8 Å². The summed E-state index contributed by atoms with van der Waals surface area (Å²) in [4.78, 5) is 37.0. The minimum atomic E-state index is -0.864. The Morgan fingerprint density at radius 2 is 1.39 bits per heavy atom. The fourth-order valence-corrected chi connectivity index (χ4v) is 3.51. The fourth-order valence-electron chi connectivity index (χ4n) is 2.67. The van der Waals surface area contributed by atoms with Crippen molar-refractivity contribution in [2.45, 2.75) is 4.90 Å². The summed E-state index contributed by atoms with van der Waals surface area (Å²) in [7, 11) is 0. The standard InChI is InChI=1S/C23H17F3N2O4S/c24-14-5-7-17(8-6-14)27-22(30)13-33-20-4-2-1-3-19(20)23(31)32-12-21(29)28-18-10-15(25)9-16(26)11-18/h1-11H,12-13H2,(H,27,30)(H,28,29). The summed E-state index contributed by atoms with van der Waals surface area (Å²) in [5.41, 5.74) is 0.456. The molecule has 33 heavy (non-hydrogen) atoms. The van der Waals surface area contributed by atoms with Crippen molar-refractivity contribution >= 4 is 40.9 Å². The Balaban J connectivity index is 1.54. The predicted molar refractivity (Wildman–Crippen MR) is 117 cm³/mol. The highest BCUT2D eigenvalue weighted by Crippen LogP contribution is 2.24. The normalized spacial score (nSPS) is 10.4. The zero-order valence-corrected chi connectivity index (χ0v) is 17.8. The second-order valence-corrected chi connectivity index (χ2v) is 7.64. The summed E-state index contributed by atoms with van der Waals surface area (Å²) in [6.07, 6.45) is 0. The van der Waals surface area contributed by atoms with Gasteiger partial charge in [0.1, 0.15) is 17.5 Å². The minimum absolute atomic E-state index is 0.0344. The van der Waals surface area contributed by atoms with Gasteiger partial charge in [0.2, 0.25) is 5.91 Å². The van der Waals surface area contributed by atoms with Crippen molar-refractivity contribution in [3.05, 3.63) is 89.7 Å². The number of rotatable bonds is 8. The van der Waals surface area contributed by atoms with E-state index in [0.29, 0.717) is 16.6 Å². The molecule has 0 atom stereocenters. The van der Waals surface area contributed by atoms with Gasteiger partial charge in [-0.3, -0.25) is 9.59 Å². The van der Waals surface area contributed by atoms with Crippen molar-refractivity contribution < 1.29 is 32.3 Å². The highest BCUT2D eigenvalue weighted by atomic mass is 32.2. The van der Waals surface area contributed by atoms with Crippen LogP contribution in [-0.4, -0.2) is 30.1 Å². The van der Waals surface area contributed by atoms with Crippen LogP contribution in [0.4, 0.5) is 24.5 Å². The Morgan fingerprint density at radius 3 is 2.09 bits per heavy atom. The molecule has 2 N–H and O–H groups in total. The summed E-state index contributed by atoms with van der Waals surface area (Å²) in [6, 6.07) is 14.1.